The molecule has 4 heteroatoms. The monoisotopic (exact) mass is 130 g/mol. The van der Waals surface area contributed by atoms with Crippen molar-refractivity contribution >= 4 is 0 Å². The zero-order valence-electron chi connectivity index (χ0n) is 5.26. The molecule has 0 amide bonds. The van der Waals surface area contributed by atoms with Crippen molar-refractivity contribution in [1.29, 1.82) is 0 Å². The first kappa shape index (κ1) is 6.19. The van der Waals surface area contributed by atoms with Gasteiger partial charge in [0.05, 0.1) is 0 Å². The Labute approximate surface area is 51.9 Å². The number of rotatable bonds is 1. The van der Waals surface area contributed by atoms with Crippen LogP contribution in [0.25, 0.3) is 0 Å². The predicted molar refractivity (Wildman–Crippen MR) is 28.4 cm³/mol. The molecule has 0 aliphatic carbocycles. The minimum absolute atomic E-state index is 0.0856. The van der Waals surface area contributed by atoms with Crippen molar-refractivity contribution in [1.82, 2.24) is 10.1 Å². The molecular formula is C5H7FN2O. The molecule has 0 fully saturated rings. The highest BCUT2D eigenvalue weighted by Crippen LogP contribution is 2.19. The maximum Gasteiger partial charge on any atom is 0.213 e. The Balaban J connectivity index is 2.90. The van der Waals surface area contributed by atoms with Gasteiger partial charge in [-0.1, -0.05) is 5.16 Å². The van der Waals surface area contributed by atoms with E-state index in [9.17, 15) is 4.39 Å². The molecule has 0 bridgehead atoms. The van der Waals surface area contributed by atoms with Gasteiger partial charge in [-0.2, -0.15) is 4.98 Å². The fourth-order valence-electron chi connectivity index (χ4n) is 0.433. The van der Waals surface area contributed by atoms with Crippen LogP contribution in [0.5, 0.6) is 0 Å². The van der Waals surface area contributed by atoms with Crippen molar-refractivity contribution in [2.24, 2.45) is 0 Å². The minimum atomic E-state index is -1.49. The van der Waals surface area contributed by atoms with Gasteiger partial charge in [0.1, 0.15) is 0 Å². The van der Waals surface area contributed by atoms with Crippen LogP contribution in [0.1, 0.15) is 19.7 Å². The molecule has 0 aliphatic rings. The van der Waals surface area contributed by atoms with E-state index in [1.165, 1.54) is 13.8 Å². The number of aromatic nitrogens is 2. The van der Waals surface area contributed by atoms with E-state index in [2.05, 4.69) is 14.7 Å². The van der Waals surface area contributed by atoms with Gasteiger partial charge in [-0.05, 0) is 13.8 Å². The molecule has 0 saturated heterocycles. The van der Waals surface area contributed by atoms with Crippen LogP contribution in [-0.4, -0.2) is 10.1 Å². The van der Waals surface area contributed by atoms with Crippen LogP contribution in [0.3, 0.4) is 0 Å². The van der Waals surface area contributed by atoms with Crippen LogP contribution in [0.2, 0.25) is 0 Å². The summed E-state index contributed by atoms with van der Waals surface area (Å²) in [6.07, 6.45) is 1.11. The molecule has 0 aromatic carbocycles. The number of alkyl halides is 1. The molecule has 1 aromatic rings. The lowest BCUT2D eigenvalue weighted by Gasteiger charge is -2.05. The summed E-state index contributed by atoms with van der Waals surface area (Å²) in [5, 5.41) is 3.33. The number of hydrogen-bond acceptors (Lipinski definition) is 3. The van der Waals surface area contributed by atoms with E-state index in [4.69, 9.17) is 0 Å². The summed E-state index contributed by atoms with van der Waals surface area (Å²) >= 11 is 0. The third-order valence-electron chi connectivity index (χ3n) is 0.893. The summed E-state index contributed by atoms with van der Waals surface area (Å²) < 4.78 is 17.1. The Kier molecular flexibility index (Phi) is 1.23. The molecule has 0 radical (unpaired) electrons. The third-order valence-corrected chi connectivity index (χ3v) is 0.893. The topological polar surface area (TPSA) is 38.9 Å². The molecule has 3 nitrogen and oxygen atoms in total. The fraction of sp³-hybridized carbons (Fsp3) is 0.600. The molecule has 0 N–H and O–H groups in total. The highest BCUT2D eigenvalue weighted by atomic mass is 19.1. The molecule has 0 saturated carbocycles. The van der Waals surface area contributed by atoms with E-state index in [1.807, 2.05) is 0 Å². The summed E-state index contributed by atoms with van der Waals surface area (Å²) in [5.74, 6) is 0.0856. The first-order chi connectivity index (χ1) is 4.11. The van der Waals surface area contributed by atoms with Gasteiger partial charge in [0.25, 0.3) is 0 Å². The highest BCUT2D eigenvalue weighted by Gasteiger charge is 2.23. The van der Waals surface area contributed by atoms with Gasteiger partial charge < -0.3 is 4.52 Å². The average molecular weight is 130 g/mol. The first-order valence-electron chi connectivity index (χ1n) is 2.56. The smallest absolute Gasteiger partial charge is 0.213 e. The maximum atomic E-state index is 12.8. The standard InChI is InChI=1S/C5H7FN2O/c1-5(2,6)4-7-3-9-8-4/h3H,1-2H3. The van der Waals surface area contributed by atoms with Gasteiger partial charge in [0.2, 0.25) is 12.2 Å². The minimum Gasteiger partial charge on any atom is -0.343 e. The molecule has 9 heavy (non-hydrogen) atoms. The molecule has 0 spiro atoms. The van der Waals surface area contributed by atoms with E-state index in [-0.39, 0.29) is 5.82 Å². The lowest BCUT2D eigenvalue weighted by molar-refractivity contribution is 0.199. The molecule has 0 aliphatic heterocycles. The van der Waals surface area contributed by atoms with E-state index < -0.39 is 5.67 Å². The van der Waals surface area contributed by atoms with E-state index in [0.717, 1.165) is 6.39 Å². The van der Waals surface area contributed by atoms with Crippen molar-refractivity contribution in [2.75, 3.05) is 0 Å². The Morgan fingerprint density at radius 3 is 2.56 bits per heavy atom. The fourth-order valence-corrected chi connectivity index (χ4v) is 0.433. The number of nitrogens with zero attached hydrogens (tertiary/aromatic N) is 2. The van der Waals surface area contributed by atoms with Crippen molar-refractivity contribution in [3.05, 3.63) is 12.2 Å². The summed E-state index contributed by atoms with van der Waals surface area (Å²) in [5.41, 5.74) is -1.49. The summed E-state index contributed by atoms with van der Waals surface area (Å²) in [6, 6.07) is 0. The quantitative estimate of drug-likeness (QED) is 0.574. The summed E-state index contributed by atoms with van der Waals surface area (Å²) in [6.45, 7) is 2.75. The average Bonchev–Trinajstić information content (AvgIpc) is 2.08. The highest BCUT2D eigenvalue weighted by molar-refractivity contribution is 4.91. The van der Waals surface area contributed by atoms with Crippen LogP contribution in [0.15, 0.2) is 10.9 Å². The van der Waals surface area contributed by atoms with E-state index in [1.54, 1.807) is 0 Å². The third kappa shape index (κ3) is 1.25. The van der Waals surface area contributed by atoms with Crippen molar-refractivity contribution < 1.29 is 8.91 Å². The maximum absolute atomic E-state index is 12.8. The van der Waals surface area contributed by atoms with Gasteiger partial charge in [-0.3, -0.25) is 0 Å². The zero-order chi connectivity index (χ0) is 6.91. The number of hydrogen-bond donors (Lipinski definition) is 0. The number of halogens is 1. The molecule has 0 atom stereocenters. The second-order valence-electron chi connectivity index (χ2n) is 2.23. The van der Waals surface area contributed by atoms with Crippen molar-refractivity contribution in [3.8, 4) is 0 Å². The zero-order valence-corrected chi connectivity index (χ0v) is 5.26. The molecule has 1 aromatic heterocycles. The van der Waals surface area contributed by atoms with Crippen LogP contribution >= 0.6 is 0 Å². The second-order valence-corrected chi connectivity index (χ2v) is 2.23. The molecule has 0 unspecified atom stereocenters. The molecule has 1 rings (SSSR count). The Morgan fingerprint density at radius 1 is 1.67 bits per heavy atom. The van der Waals surface area contributed by atoms with Gasteiger partial charge >= 0.3 is 0 Å². The summed E-state index contributed by atoms with van der Waals surface area (Å²) in [4.78, 5) is 3.53. The Hall–Kier alpha value is -0.930. The lowest BCUT2D eigenvalue weighted by atomic mass is 10.2. The van der Waals surface area contributed by atoms with Gasteiger partial charge in [-0.15, -0.1) is 0 Å². The van der Waals surface area contributed by atoms with E-state index in [0.29, 0.717) is 0 Å². The molecular weight excluding hydrogens is 123 g/mol. The molecule has 1 heterocycles. The molecule has 50 valence electrons. The van der Waals surface area contributed by atoms with Gasteiger partial charge in [0, 0.05) is 0 Å². The predicted octanol–water partition coefficient (Wildman–Crippen LogP) is 1.27. The van der Waals surface area contributed by atoms with Crippen LogP contribution in [0.4, 0.5) is 4.39 Å². The Bertz CT molecular complexity index is 177. The van der Waals surface area contributed by atoms with E-state index >= 15 is 0 Å². The SMILES string of the molecule is CC(C)(F)c1ncon1. The summed E-state index contributed by atoms with van der Waals surface area (Å²) in [7, 11) is 0. The van der Waals surface area contributed by atoms with Gasteiger partial charge in [-0.25, -0.2) is 4.39 Å². The largest absolute Gasteiger partial charge is 0.343 e. The van der Waals surface area contributed by atoms with Crippen molar-refractivity contribution in [2.45, 2.75) is 19.5 Å². The van der Waals surface area contributed by atoms with Crippen molar-refractivity contribution in [3.63, 3.8) is 0 Å². The van der Waals surface area contributed by atoms with Crippen LogP contribution in [-0.2, 0) is 5.67 Å². The lowest BCUT2D eigenvalue weighted by Crippen LogP contribution is -2.10. The Morgan fingerprint density at radius 2 is 2.33 bits per heavy atom. The van der Waals surface area contributed by atoms with Gasteiger partial charge in [0.15, 0.2) is 5.67 Å². The normalized spacial score (nSPS) is 11.9. The van der Waals surface area contributed by atoms with Crippen LogP contribution < -0.4 is 0 Å². The first-order valence-corrected chi connectivity index (χ1v) is 2.56. The van der Waals surface area contributed by atoms with Crippen LogP contribution in [0, 0.1) is 0 Å². The second kappa shape index (κ2) is 1.79.